The molecule has 2 aromatic heterocycles. The van der Waals surface area contributed by atoms with Gasteiger partial charge in [-0.3, -0.25) is 9.88 Å². The number of amides is 1. The number of aryl methyl sites for hydroxylation is 2. The molecule has 2 aromatic rings. The van der Waals surface area contributed by atoms with E-state index in [-0.39, 0.29) is 42.8 Å². The Morgan fingerprint density at radius 1 is 1.04 bits per heavy atom. The van der Waals surface area contributed by atoms with Crippen molar-refractivity contribution in [1.29, 1.82) is 0 Å². The fourth-order valence-corrected chi connectivity index (χ4v) is 5.24. The quantitative estimate of drug-likeness (QED) is 0.328. The van der Waals surface area contributed by atoms with Gasteiger partial charge in [-0.05, 0) is 70.2 Å². The van der Waals surface area contributed by atoms with Gasteiger partial charge in [0.15, 0.2) is 0 Å². The number of fused-ring (bicyclic) bond motifs is 1. The zero-order valence-electron chi connectivity index (χ0n) is 24.8. The maximum atomic E-state index is 14.0. The first-order valence-corrected chi connectivity index (χ1v) is 13.7. The number of alkyl halides is 9. The van der Waals surface area contributed by atoms with E-state index in [9.17, 15) is 44.3 Å². The Balaban J connectivity index is 1.87. The van der Waals surface area contributed by atoms with Crippen molar-refractivity contribution in [2.75, 3.05) is 22.9 Å². The van der Waals surface area contributed by atoms with Crippen molar-refractivity contribution in [3.8, 4) is 0 Å². The minimum atomic E-state index is -5.08. The van der Waals surface area contributed by atoms with Crippen molar-refractivity contribution in [2.24, 2.45) is 13.0 Å². The molecule has 2 aliphatic rings. The highest BCUT2D eigenvalue weighted by Crippen LogP contribution is 2.44. The number of carbonyl (C=O) groups is 1. The van der Waals surface area contributed by atoms with Gasteiger partial charge in [-0.1, -0.05) is 11.2 Å². The van der Waals surface area contributed by atoms with Crippen LogP contribution in [0.2, 0.25) is 0 Å². The Kier molecular flexibility index (Phi) is 8.93. The van der Waals surface area contributed by atoms with E-state index in [1.165, 1.54) is 11.9 Å². The van der Waals surface area contributed by atoms with Gasteiger partial charge < -0.3 is 9.64 Å². The van der Waals surface area contributed by atoms with Crippen LogP contribution in [0.3, 0.4) is 0 Å². The van der Waals surface area contributed by atoms with Gasteiger partial charge >= 0.3 is 24.6 Å². The lowest BCUT2D eigenvalue weighted by Crippen LogP contribution is -2.38. The molecule has 0 radical (unpaired) electrons. The van der Waals surface area contributed by atoms with E-state index >= 15 is 0 Å². The summed E-state index contributed by atoms with van der Waals surface area (Å²) in [6.45, 7) is 5.17. The van der Waals surface area contributed by atoms with E-state index in [2.05, 4.69) is 20.4 Å². The van der Waals surface area contributed by atoms with Gasteiger partial charge in [0.2, 0.25) is 0 Å². The van der Waals surface area contributed by atoms with Crippen LogP contribution in [0.1, 0.15) is 63.0 Å². The molecular weight excluding hydrogens is 625 g/mol. The molecule has 18 heteroatoms. The Bertz CT molecular complexity index is 1490. The molecule has 9 nitrogen and oxygen atoms in total. The summed E-state index contributed by atoms with van der Waals surface area (Å²) in [5, 5.41) is 11.7. The SMILES string of the molecule is Cc1nc2c(cc1C(F)(F)F)N(C(=O)OC(C)(C)C)CCCC2N(CC1C=C(C(F)(F)F)C=C(C(F)(F)F)C1)c1nnn(C)n1. The molecule has 0 saturated carbocycles. The third-order valence-corrected chi connectivity index (χ3v) is 7.09. The molecule has 248 valence electrons. The summed E-state index contributed by atoms with van der Waals surface area (Å²) in [5.74, 6) is -1.58. The smallest absolute Gasteiger partial charge is 0.418 e. The number of ether oxygens (including phenoxy) is 1. The number of anilines is 2. The van der Waals surface area contributed by atoms with Crippen LogP contribution in [0, 0.1) is 12.8 Å². The first-order valence-electron chi connectivity index (χ1n) is 13.7. The first-order chi connectivity index (χ1) is 20.5. The number of carbonyl (C=O) groups excluding carboxylic acids is 1. The molecule has 0 saturated heterocycles. The molecule has 2 unspecified atom stereocenters. The van der Waals surface area contributed by atoms with Crippen LogP contribution in [0.25, 0.3) is 0 Å². The summed E-state index contributed by atoms with van der Waals surface area (Å²) in [7, 11) is 1.38. The zero-order chi connectivity index (χ0) is 33.7. The zero-order valence-corrected chi connectivity index (χ0v) is 24.8. The van der Waals surface area contributed by atoms with Crippen molar-refractivity contribution in [2.45, 2.75) is 77.1 Å². The summed E-state index contributed by atoms with van der Waals surface area (Å²) in [4.78, 5) is 20.7. The Morgan fingerprint density at radius 2 is 1.71 bits per heavy atom. The lowest BCUT2D eigenvalue weighted by atomic mass is 9.88. The van der Waals surface area contributed by atoms with Crippen LogP contribution in [0.5, 0.6) is 0 Å². The molecule has 1 aliphatic heterocycles. The fraction of sp³-hybridized carbons (Fsp3) is 0.593. The largest absolute Gasteiger partial charge is 0.443 e. The lowest BCUT2D eigenvalue weighted by Gasteiger charge is -2.35. The molecule has 0 spiro atoms. The van der Waals surface area contributed by atoms with Gasteiger partial charge in [-0.25, -0.2) is 4.79 Å². The van der Waals surface area contributed by atoms with Crippen LogP contribution in [0.4, 0.5) is 55.9 Å². The Labute approximate surface area is 251 Å². The predicted molar refractivity (Wildman–Crippen MR) is 142 cm³/mol. The first kappa shape index (κ1) is 34.0. The highest BCUT2D eigenvalue weighted by molar-refractivity contribution is 5.89. The van der Waals surface area contributed by atoms with E-state index in [0.29, 0.717) is 6.08 Å². The Morgan fingerprint density at radius 3 is 2.24 bits per heavy atom. The Hall–Kier alpha value is -3.86. The molecule has 3 heterocycles. The molecule has 0 N–H and O–H groups in total. The molecule has 4 rings (SSSR count). The second-order valence-corrected chi connectivity index (χ2v) is 11.8. The molecular formula is C27H30F9N7O2. The summed E-state index contributed by atoms with van der Waals surface area (Å²) in [6, 6.07) is -0.338. The third kappa shape index (κ3) is 7.87. The van der Waals surface area contributed by atoms with Gasteiger partial charge in [0.05, 0.1) is 41.3 Å². The highest BCUT2D eigenvalue weighted by atomic mass is 19.4. The molecule has 2 atom stereocenters. The minimum absolute atomic E-state index is 0.0602. The van der Waals surface area contributed by atoms with Gasteiger partial charge in [0.25, 0.3) is 5.95 Å². The normalized spacial score (nSPS) is 19.8. The molecule has 1 amide bonds. The molecule has 0 bridgehead atoms. The molecule has 45 heavy (non-hydrogen) atoms. The average molecular weight is 656 g/mol. The second kappa shape index (κ2) is 11.8. The van der Waals surface area contributed by atoms with Crippen LogP contribution in [-0.2, 0) is 18.0 Å². The standard InChI is InChI=1S/C27H30F9N7O2/c1-14-18(27(34,35)36)12-20-21(37-14)19(7-6-8-42(20)23(44)45-24(2,3)4)43(22-38-40-41(5)39-22)13-15-9-16(25(28,29)30)11-17(10-15)26(31,32)33/h9,11-12,15,19H,6-8,10,13H2,1-5H3. The van der Waals surface area contributed by atoms with Crippen LogP contribution in [0.15, 0.2) is 29.4 Å². The number of hydrogen-bond acceptors (Lipinski definition) is 7. The van der Waals surface area contributed by atoms with Crippen LogP contribution in [-0.4, -0.2) is 62.3 Å². The fourth-order valence-electron chi connectivity index (χ4n) is 5.24. The highest BCUT2D eigenvalue weighted by Gasteiger charge is 2.44. The van der Waals surface area contributed by atoms with Gasteiger partial charge in [0.1, 0.15) is 5.60 Å². The minimum Gasteiger partial charge on any atom is -0.443 e. The summed E-state index contributed by atoms with van der Waals surface area (Å²) in [5.41, 5.74) is -5.84. The predicted octanol–water partition coefficient (Wildman–Crippen LogP) is 7.01. The van der Waals surface area contributed by atoms with E-state index in [1.807, 2.05) is 0 Å². The van der Waals surface area contributed by atoms with Crippen molar-refractivity contribution < 1.29 is 49.0 Å². The van der Waals surface area contributed by atoms with E-state index < -0.39 is 77.6 Å². The monoisotopic (exact) mass is 655 g/mol. The van der Waals surface area contributed by atoms with Crippen molar-refractivity contribution >= 4 is 17.7 Å². The number of hydrogen-bond donors (Lipinski definition) is 0. The molecule has 0 aromatic carbocycles. The van der Waals surface area contributed by atoms with Crippen LogP contribution < -0.4 is 9.80 Å². The number of aromatic nitrogens is 5. The number of nitrogens with zero attached hydrogens (tertiary/aromatic N) is 7. The molecule has 1 aliphatic carbocycles. The molecule has 0 fully saturated rings. The third-order valence-electron chi connectivity index (χ3n) is 7.09. The van der Waals surface area contributed by atoms with Crippen molar-refractivity contribution in [3.05, 3.63) is 46.3 Å². The van der Waals surface area contributed by atoms with Crippen molar-refractivity contribution in [1.82, 2.24) is 25.2 Å². The van der Waals surface area contributed by atoms with Crippen molar-refractivity contribution in [3.63, 3.8) is 0 Å². The van der Waals surface area contributed by atoms with Gasteiger partial charge in [-0.15, -0.1) is 5.10 Å². The van der Waals surface area contributed by atoms with E-state index in [1.54, 1.807) is 20.8 Å². The summed E-state index contributed by atoms with van der Waals surface area (Å²) >= 11 is 0. The topological polar surface area (TPSA) is 89.3 Å². The maximum Gasteiger partial charge on any atom is 0.418 e. The van der Waals surface area contributed by atoms with Gasteiger partial charge in [0, 0.05) is 18.7 Å². The number of pyridine rings is 1. The van der Waals surface area contributed by atoms with Crippen LogP contribution >= 0.6 is 0 Å². The summed E-state index contributed by atoms with van der Waals surface area (Å²) in [6.07, 6.45) is -15.8. The number of rotatable bonds is 4. The maximum absolute atomic E-state index is 14.0. The summed E-state index contributed by atoms with van der Waals surface area (Å²) < 4.78 is 130. The number of allylic oxidation sites excluding steroid dienone is 3. The number of halogens is 9. The number of tetrazole rings is 1. The van der Waals surface area contributed by atoms with Gasteiger partial charge in [-0.2, -0.15) is 44.3 Å². The van der Waals surface area contributed by atoms with E-state index in [0.717, 1.165) is 22.7 Å². The average Bonchev–Trinajstić information content (AvgIpc) is 3.22. The van der Waals surface area contributed by atoms with E-state index in [4.69, 9.17) is 4.74 Å². The lowest BCUT2D eigenvalue weighted by molar-refractivity contribution is -0.138. The second-order valence-electron chi connectivity index (χ2n) is 11.8.